The minimum absolute atomic E-state index is 0.0454. The second-order valence-electron chi connectivity index (χ2n) is 13.8. The SMILES string of the molecule is CCC(=O)N(c1ccccc1)C1(C(=O)OCCCC(=O)NCCNC(=O)CCCC[C@@H]2SC[C@@H]3NC(=O)N[C@@H]32)CCN(CCc2ccccc2)CC1. The molecule has 0 aliphatic carbocycles. The maximum Gasteiger partial charge on any atom is 0.332 e. The summed E-state index contributed by atoms with van der Waals surface area (Å²) in [4.78, 5) is 67.8. The lowest BCUT2D eigenvalue weighted by molar-refractivity contribution is -0.154. The maximum absolute atomic E-state index is 14.0. The number of likely N-dealkylation sites (tertiary alicyclic amines) is 1. The number of unbranched alkanes of at least 4 members (excludes halogenated alkanes) is 1. The summed E-state index contributed by atoms with van der Waals surface area (Å²) in [5.74, 6) is 0.135. The molecule has 0 aromatic heterocycles. The van der Waals surface area contributed by atoms with Crippen LogP contribution in [0.15, 0.2) is 60.7 Å². The van der Waals surface area contributed by atoms with Gasteiger partial charge in [0.25, 0.3) is 0 Å². The van der Waals surface area contributed by atoms with Crippen molar-refractivity contribution in [3.05, 3.63) is 66.2 Å². The number of amides is 5. The summed E-state index contributed by atoms with van der Waals surface area (Å²) < 4.78 is 5.85. The third kappa shape index (κ3) is 10.7. The number of ether oxygens (including phenoxy) is 1. The fourth-order valence-corrected chi connectivity index (χ4v) is 8.89. The molecule has 12 nitrogen and oxygen atoms in total. The highest BCUT2D eigenvalue weighted by atomic mass is 32.2. The van der Waals surface area contributed by atoms with Crippen LogP contribution >= 0.6 is 11.8 Å². The number of hydrogen-bond donors (Lipinski definition) is 4. The third-order valence-electron chi connectivity index (χ3n) is 10.2. The Bertz CT molecular complexity index is 1490. The van der Waals surface area contributed by atoms with Crippen molar-refractivity contribution in [3.63, 3.8) is 0 Å². The molecule has 3 fully saturated rings. The molecule has 2 aromatic rings. The van der Waals surface area contributed by atoms with E-state index in [0.29, 0.717) is 62.8 Å². The number of carbonyl (C=O) groups is 5. The van der Waals surface area contributed by atoms with Crippen molar-refractivity contribution < 1.29 is 28.7 Å². The van der Waals surface area contributed by atoms with Gasteiger partial charge in [0, 0.05) is 68.7 Å². The highest BCUT2D eigenvalue weighted by Gasteiger charge is 2.50. The Morgan fingerprint density at radius 3 is 2.23 bits per heavy atom. The lowest BCUT2D eigenvalue weighted by Gasteiger charge is -2.46. The molecule has 3 atom stereocenters. The average Bonchev–Trinajstić information content (AvgIpc) is 3.73. The molecule has 3 heterocycles. The van der Waals surface area contributed by atoms with E-state index in [4.69, 9.17) is 4.74 Å². The number of benzene rings is 2. The second kappa shape index (κ2) is 19.7. The van der Waals surface area contributed by atoms with Gasteiger partial charge in [-0.05, 0) is 56.2 Å². The molecule has 3 aliphatic rings. The summed E-state index contributed by atoms with van der Waals surface area (Å²) in [6, 6.07) is 20.0. The van der Waals surface area contributed by atoms with E-state index in [2.05, 4.69) is 38.3 Å². The minimum atomic E-state index is -1.14. The van der Waals surface area contributed by atoms with E-state index >= 15 is 0 Å². The largest absolute Gasteiger partial charge is 0.464 e. The molecule has 5 rings (SSSR count). The van der Waals surface area contributed by atoms with Gasteiger partial charge >= 0.3 is 12.0 Å². The Morgan fingerprint density at radius 1 is 0.904 bits per heavy atom. The van der Waals surface area contributed by atoms with Gasteiger partial charge in [-0.3, -0.25) is 19.3 Å². The Balaban J connectivity index is 1.01. The number of carbonyl (C=O) groups excluding carboxylic acids is 5. The van der Waals surface area contributed by atoms with Crippen molar-refractivity contribution >= 4 is 47.2 Å². The maximum atomic E-state index is 14.0. The number of rotatable bonds is 19. The molecular formula is C39H54N6O6S. The van der Waals surface area contributed by atoms with Crippen LogP contribution in [0.2, 0.25) is 0 Å². The summed E-state index contributed by atoms with van der Waals surface area (Å²) in [5.41, 5.74) is 0.801. The molecule has 3 saturated heterocycles. The van der Waals surface area contributed by atoms with Crippen molar-refractivity contribution in [3.8, 4) is 0 Å². The lowest BCUT2D eigenvalue weighted by atomic mass is 9.84. The second-order valence-corrected chi connectivity index (χ2v) is 15.1. The van der Waals surface area contributed by atoms with Crippen LogP contribution in [0.5, 0.6) is 0 Å². The van der Waals surface area contributed by atoms with Gasteiger partial charge in [-0.2, -0.15) is 11.8 Å². The smallest absolute Gasteiger partial charge is 0.332 e. The van der Waals surface area contributed by atoms with E-state index in [1.54, 1.807) is 11.8 Å². The van der Waals surface area contributed by atoms with Crippen molar-refractivity contribution in [2.75, 3.05) is 50.0 Å². The quantitative estimate of drug-likeness (QED) is 0.0969. The number of urea groups is 1. The summed E-state index contributed by atoms with van der Waals surface area (Å²) in [5, 5.41) is 12.0. The summed E-state index contributed by atoms with van der Waals surface area (Å²) in [7, 11) is 0. The number of fused-ring (bicyclic) bond motifs is 1. The highest BCUT2D eigenvalue weighted by molar-refractivity contribution is 8.00. The molecule has 13 heteroatoms. The van der Waals surface area contributed by atoms with Crippen LogP contribution in [0.3, 0.4) is 0 Å². The molecule has 5 amide bonds. The van der Waals surface area contributed by atoms with Gasteiger partial charge in [0.1, 0.15) is 5.54 Å². The number of thioether (sulfide) groups is 1. The molecule has 0 radical (unpaired) electrons. The molecule has 52 heavy (non-hydrogen) atoms. The first-order chi connectivity index (χ1) is 25.3. The van der Waals surface area contributed by atoms with Gasteiger partial charge in [0.05, 0.1) is 18.7 Å². The van der Waals surface area contributed by atoms with Crippen LogP contribution in [0.4, 0.5) is 10.5 Å². The van der Waals surface area contributed by atoms with Crippen LogP contribution in [-0.4, -0.2) is 103 Å². The molecular weight excluding hydrogens is 681 g/mol. The third-order valence-corrected chi connectivity index (χ3v) is 11.8. The first-order valence-corrected chi connectivity index (χ1v) is 19.9. The Morgan fingerprint density at radius 2 is 1.56 bits per heavy atom. The molecule has 2 aromatic carbocycles. The molecule has 0 unspecified atom stereocenters. The van der Waals surface area contributed by atoms with Crippen LogP contribution < -0.4 is 26.2 Å². The molecule has 0 spiro atoms. The van der Waals surface area contributed by atoms with E-state index in [1.807, 2.05) is 60.3 Å². The molecule has 282 valence electrons. The zero-order valence-electron chi connectivity index (χ0n) is 30.3. The van der Waals surface area contributed by atoms with Crippen LogP contribution in [0.1, 0.15) is 70.3 Å². The van der Waals surface area contributed by atoms with Gasteiger partial charge in [-0.15, -0.1) is 0 Å². The van der Waals surface area contributed by atoms with E-state index in [9.17, 15) is 24.0 Å². The van der Waals surface area contributed by atoms with Gasteiger partial charge in [0.2, 0.25) is 17.7 Å². The van der Waals surface area contributed by atoms with Crippen molar-refractivity contribution in [2.45, 2.75) is 94.0 Å². The number of anilines is 1. The van der Waals surface area contributed by atoms with Gasteiger partial charge in [0.15, 0.2) is 0 Å². The topological polar surface area (TPSA) is 149 Å². The predicted molar refractivity (Wildman–Crippen MR) is 203 cm³/mol. The number of nitrogens with zero attached hydrogens (tertiary/aromatic N) is 2. The number of para-hydroxylation sites is 1. The van der Waals surface area contributed by atoms with E-state index < -0.39 is 11.5 Å². The van der Waals surface area contributed by atoms with E-state index in [0.717, 1.165) is 38.0 Å². The van der Waals surface area contributed by atoms with Crippen molar-refractivity contribution in [2.24, 2.45) is 0 Å². The fourth-order valence-electron chi connectivity index (χ4n) is 7.35. The Hall–Kier alpha value is -4.10. The molecule has 0 bridgehead atoms. The number of piperidine rings is 1. The standard InChI is InChI=1S/C39H54N6O6S/c1-2-35(48)45(30-14-7-4-8-15-30)39(20-25-44(26-21-39)24-19-29-12-5-3-6-13-29)37(49)51-27-11-18-34(47)41-23-22-40-33(46)17-10-9-16-32-36-31(28-52-32)42-38(50)43-36/h3-8,12-15,31-32,36H,2,9-11,16-28H2,1H3,(H,40,46)(H,41,47)(H2,42,43,50)/t31-,32-,36-/m0/s1. The lowest BCUT2D eigenvalue weighted by Crippen LogP contribution is -2.63. The predicted octanol–water partition coefficient (Wildman–Crippen LogP) is 3.79. The number of nitrogens with one attached hydrogen (secondary N) is 4. The normalized spacial score (nSPS) is 20.6. The van der Waals surface area contributed by atoms with Crippen LogP contribution in [0, 0.1) is 0 Å². The van der Waals surface area contributed by atoms with Crippen LogP contribution in [-0.2, 0) is 30.3 Å². The van der Waals surface area contributed by atoms with E-state index in [-0.39, 0.29) is 55.3 Å². The monoisotopic (exact) mass is 734 g/mol. The van der Waals surface area contributed by atoms with Gasteiger partial charge < -0.3 is 30.9 Å². The molecule has 4 N–H and O–H groups in total. The van der Waals surface area contributed by atoms with Gasteiger partial charge in [-0.25, -0.2) is 9.59 Å². The fraction of sp³-hybridized carbons (Fsp3) is 0.564. The highest BCUT2D eigenvalue weighted by Crippen LogP contribution is 2.36. The molecule has 3 aliphatic heterocycles. The zero-order chi connectivity index (χ0) is 36.8. The Kier molecular flexibility index (Phi) is 14.8. The minimum Gasteiger partial charge on any atom is -0.464 e. The summed E-state index contributed by atoms with van der Waals surface area (Å²) in [6.07, 6.45) is 5.66. The zero-order valence-corrected chi connectivity index (χ0v) is 31.1. The first-order valence-electron chi connectivity index (χ1n) is 18.8. The molecule has 0 saturated carbocycles. The average molecular weight is 735 g/mol. The number of esters is 1. The first kappa shape index (κ1) is 39.1. The van der Waals surface area contributed by atoms with Gasteiger partial charge in [-0.1, -0.05) is 61.9 Å². The summed E-state index contributed by atoms with van der Waals surface area (Å²) >= 11 is 1.87. The van der Waals surface area contributed by atoms with Crippen LogP contribution in [0.25, 0.3) is 0 Å². The number of hydrogen-bond acceptors (Lipinski definition) is 8. The van der Waals surface area contributed by atoms with Crippen molar-refractivity contribution in [1.82, 2.24) is 26.2 Å². The Labute approximate surface area is 311 Å². The summed E-state index contributed by atoms with van der Waals surface area (Å²) in [6.45, 7) is 4.69. The van der Waals surface area contributed by atoms with Crippen molar-refractivity contribution in [1.29, 1.82) is 0 Å². The van der Waals surface area contributed by atoms with E-state index in [1.165, 1.54) is 5.56 Å².